The van der Waals surface area contributed by atoms with Gasteiger partial charge in [0.15, 0.2) is 0 Å². The van der Waals surface area contributed by atoms with Gasteiger partial charge in [-0.1, -0.05) is 24.3 Å². The molecule has 1 aromatic carbocycles. The molecule has 5 aliphatic carbocycles. The van der Waals surface area contributed by atoms with Gasteiger partial charge in [-0.05, 0) is 93.2 Å². The van der Waals surface area contributed by atoms with Crippen LogP contribution in [0.2, 0.25) is 0 Å². The van der Waals surface area contributed by atoms with Gasteiger partial charge in [-0.3, -0.25) is 9.59 Å². The summed E-state index contributed by atoms with van der Waals surface area (Å²) in [5.41, 5.74) is 2.57. The van der Waals surface area contributed by atoms with E-state index >= 15 is 0 Å². The van der Waals surface area contributed by atoms with Gasteiger partial charge >= 0.3 is 5.97 Å². The average molecular weight is 406 g/mol. The standard InChI is InChI=1S/C26H31NO3/c1-16-6-22-15-30-24(29)26(22,10-16)14-17-2-4-21(5-3-17)23(28)27-25-11-18-7-19(12-25)9-20(8-18)13-25/h2-5,18-20,22H,1,6-15H2,(H,27,28). The van der Waals surface area contributed by atoms with Crippen molar-refractivity contribution in [2.75, 3.05) is 6.61 Å². The average Bonchev–Trinajstić information content (AvgIpc) is 3.15. The second-order valence-corrected chi connectivity index (χ2v) is 11.1. The molecule has 5 saturated carbocycles. The lowest BCUT2D eigenvalue weighted by Crippen LogP contribution is -2.59. The lowest BCUT2D eigenvalue weighted by molar-refractivity contribution is -0.146. The third kappa shape index (κ3) is 2.86. The van der Waals surface area contributed by atoms with Gasteiger partial charge < -0.3 is 10.1 Å². The Labute approximate surface area is 178 Å². The van der Waals surface area contributed by atoms with E-state index in [1.807, 2.05) is 24.3 Å². The van der Waals surface area contributed by atoms with Crippen LogP contribution in [-0.4, -0.2) is 24.0 Å². The van der Waals surface area contributed by atoms with E-state index < -0.39 is 5.41 Å². The summed E-state index contributed by atoms with van der Waals surface area (Å²) in [7, 11) is 0. The molecule has 4 bridgehead atoms. The molecule has 6 fully saturated rings. The predicted octanol–water partition coefficient (Wildman–Crippen LogP) is 4.44. The number of hydrogen-bond donors (Lipinski definition) is 1. The fourth-order valence-corrected chi connectivity index (χ4v) is 7.98. The van der Waals surface area contributed by atoms with E-state index in [0.29, 0.717) is 13.0 Å². The fourth-order valence-electron chi connectivity index (χ4n) is 7.98. The molecule has 0 spiro atoms. The number of esters is 1. The molecule has 4 heteroatoms. The van der Waals surface area contributed by atoms with Crippen molar-refractivity contribution in [1.29, 1.82) is 0 Å². The predicted molar refractivity (Wildman–Crippen MR) is 114 cm³/mol. The molecule has 1 saturated heterocycles. The Hall–Kier alpha value is -2.10. The molecule has 2 unspecified atom stereocenters. The summed E-state index contributed by atoms with van der Waals surface area (Å²) < 4.78 is 5.40. The normalized spacial score (nSPS) is 41.1. The van der Waals surface area contributed by atoms with Gasteiger partial charge in [0.1, 0.15) is 0 Å². The number of rotatable bonds is 4. The highest BCUT2D eigenvalue weighted by Gasteiger charge is 2.56. The van der Waals surface area contributed by atoms with E-state index in [1.165, 1.54) is 38.5 Å². The number of allylic oxidation sites excluding steroid dienone is 1. The zero-order valence-electron chi connectivity index (χ0n) is 17.6. The first-order chi connectivity index (χ1) is 14.4. The SMILES string of the molecule is C=C1CC2COC(=O)C2(Cc2ccc(C(=O)NC34CC5CC(CC(C5)C3)C4)cc2)C1. The van der Waals surface area contributed by atoms with E-state index in [4.69, 9.17) is 4.74 Å². The minimum atomic E-state index is -0.444. The largest absolute Gasteiger partial charge is 0.465 e. The van der Waals surface area contributed by atoms with Crippen molar-refractivity contribution in [1.82, 2.24) is 5.32 Å². The number of cyclic esters (lactones) is 1. The van der Waals surface area contributed by atoms with Crippen LogP contribution in [0, 0.1) is 29.1 Å². The first-order valence-electron chi connectivity index (χ1n) is 11.7. The van der Waals surface area contributed by atoms with Crippen LogP contribution < -0.4 is 5.32 Å². The molecule has 158 valence electrons. The number of benzene rings is 1. The Morgan fingerprint density at radius 1 is 1.07 bits per heavy atom. The van der Waals surface area contributed by atoms with Crippen molar-refractivity contribution in [3.05, 3.63) is 47.5 Å². The lowest BCUT2D eigenvalue weighted by Gasteiger charge is -2.56. The van der Waals surface area contributed by atoms with Crippen LogP contribution in [0.3, 0.4) is 0 Å². The third-order valence-electron chi connectivity index (χ3n) is 8.86. The maximum atomic E-state index is 13.1. The van der Waals surface area contributed by atoms with Gasteiger partial charge in [-0.15, -0.1) is 0 Å². The first kappa shape index (κ1) is 18.7. The van der Waals surface area contributed by atoms with Crippen LogP contribution in [0.15, 0.2) is 36.4 Å². The molecule has 1 aromatic rings. The van der Waals surface area contributed by atoms with Crippen molar-refractivity contribution in [3.63, 3.8) is 0 Å². The minimum Gasteiger partial charge on any atom is -0.465 e. The Kier molecular flexibility index (Phi) is 4.01. The number of nitrogens with one attached hydrogen (secondary N) is 1. The first-order valence-corrected chi connectivity index (χ1v) is 11.7. The highest BCUT2D eigenvalue weighted by molar-refractivity contribution is 5.94. The van der Waals surface area contributed by atoms with Crippen molar-refractivity contribution in [3.8, 4) is 0 Å². The second kappa shape index (κ2) is 6.45. The molecule has 0 radical (unpaired) electrons. The smallest absolute Gasteiger partial charge is 0.313 e. The molecule has 1 amide bonds. The topological polar surface area (TPSA) is 55.4 Å². The second-order valence-electron chi connectivity index (χ2n) is 11.1. The monoisotopic (exact) mass is 405 g/mol. The van der Waals surface area contributed by atoms with E-state index in [1.54, 1.807) is 0 Å². The van der Waals surface area contributed by atoms with Gasteiger partial charge in [0, 0.05) is 17.0 Å². The van der Waals surface area contributed by atoms with Gasteiger partial charge in [-0.2, -0.15) is 0 Å². The highest BCUT2D eigenvalue weighted by Crippen LogP contribution is 2.56. The van der Waals surface area contributed by atoms with Gasteiger partial charge in [0.05, 0.1) is 12.0 Å². The Morgan fingerprint density at radius 3 is 2.33 bits per heavy atom. The Morgan fingerprint density at radius 2 is 1.70 bits per heavy atom. The summed E-state index contributed by atoms with van der Waals surface area (Å²) in [6, 6.07) is 7.90. The molecule has 2 atom stereocenters. The Bertz CT molecular complexity index is 881. The van der Waals surface area contributed by atoms with Crippen molar-refractivity contribution in [2.45, 2.75) is 63.3 Å². The lowest BCUT2D eigenvalue weighted by atomic mass is 9.53. The fraction of sp³-hybridized carbons (Fsp3) is 0.615. The quantitative estimate of drug-likeness (QED) is 0.595. The van der Waals surface area contributed by atoms with Crippen molar-refractivity contribution < 1.29 is 14.3 Å². The summed E-state index contributed by atoms with van der Waals surface area (Å²) in [6.45, 7) is 4.64. The summed E-state index contributed by atoms with van der Waals surface area (Å²) in [6.07, 6.45) is 9.91. The van der Waals surface area contributed by atoms with Gasteiger partial charge in [-0.25, -0.2) is 0 Å². The van der Waals surface area contributed by atoms with E-state index in [9.17, 15) is 9.59 Å². The van der Waals surface area contributed by atoms with Gasteiger partial charge in [0.2, 0.25) is 0 Å². The maximum absolute atomic E-state index is 13.1. The van der Waals surface area contributed by atoms with E-state index in [2.05, 4.69) is 11.9 Å². The Balaban J connectivity index is 1.17. The summed E-state index contributed by atoms with van der Waals surface area (Å²) in [4.78, 5) is 25.6. The number of carbonyl (C=O) groups excluding carboxylic acids is 2. The molecule has 4 nitrogen and oxygen atoms in total. The zero-order chi connectivity index (χ0) is 20.5. The third-order valence-corrected chi connectivity index (χ3v) is 8.86. The van der Waals surface area contributed by atoms with E-state index in [0.717, 1.165) is 47.3 Å². The number of amides is 1. The highest BCUT2D eigenvalue weighted by atomic mass is 16.5. The van der Waals surface area contributed by atoms with Crippen LogP contribution in [-0.2, 0) is 16.0 Å². The summed E-state index contributed by atoms with van der Waals surface area (Å²) in [5, 5.41) is 3.46. The molecule has 1 aliphatic heterocycles. The molecule has 6 aliphatic rings. The number of carbonyl (C=O) groups is 2. The molecule has 1 heterocycles. The van der Waals surface area contributed by atoms with Crippen LogP contribution >= 0.6 is 0 Å². The number of fused-ring (bicyclic) bond motifs is 1. The summed E-state index contributed by atoms with van der Waals surface area (Å²) in [5.74, 6) is 2.69. The zero-order valence-corrected chi connectivity index (χ0v) is 17.6. The van der Waals surface area contributed by atoms with Crippen LogP contribution in [0.5, 0.6) is 0 Å². The molecule has 30 heavy (non-hydrogen) atoms. The number of hydrogen-bond acceptors (Lipinski definition) is 3. The molecule has 1 N–H and O–H groups in total. The van der Waals surface area contributed by atoms with E-state index in [-0.39, 0.29) is 23.3 Å². The number of ether oxygens (including phenoxy) is 1. The molecule has 0 aromatic heterocycles. The van der Waals surface area contributed by atoms with Crippen LogP contribution in [0.4, 0.5) is 0 Å². The molecule has 7 rings (SSSR count). The van der Waals surface area contributed by atoms with Crippen LogP contribution in [0.25, 0.3) is 0 Å². The molecular formula is C26H31NO3. The molecular weight excluding hydrogens is 374 g/mol. The summed E-state index contributed by atoms with van der Waals surface area (Å²) >= 11 is 0. The van der Waals surface area contributed by atoms with Crippen molar-refractivity contribution >= 4 is 11.9 Å². The maximum Gasteiger partial charge on any atom is 0.313 e. The van der Waals surface area contributed by atoms with Gasteiger partial charge in [0.25, 0.3) is 5.91 Å². The van der Waals surface area contributed by atoms with Crippen LogP contribution in [0.1, 0.15) is 67.3 Å². The minimum absolute atomic E-state index is 0.0362. The van der Waals surface area contributed by atoms with Crippen molar-refractivity contribution in [2.24, 2.45) is 29.1 Å².